The van der Waals surface area contributed by atoms with E-state index in [1.165, 1.54) is 0 Å². The summed E-state index contributed by atoms with van der Waals surface area (Å²) in [7, 11) is -3.18. The van der Waals surface area contributed by atoms with Crippen LogP contribution in [0.2, 0.25) is 0 Å². The average molecular weight is 340 g/mol. The zero-order valence-electron chi connectivity index (χ0n) is 13.5. The smallest absolute Gasteiger partial charge is 0.274 e. The summed E-state index contributed by atoms with van der Waals surface area (Å²) in [4.78, 5) is 18.8. The maximum Gasteiger partial charge on any atom is 0.274 e. The van der Waals surface area contributed by atoms with Crippen molar-refractivity contribution in [1.29, 1.82) is 0 Å². The van der Waals surface area contributed by atoms with Gasteiger partial charge in [-0.2, -0.15) is 0 Å². The van der Waals surface area contributed by atoms with E-state index in [1.807, 2.05) is 6.20 Å². The van der Waals surface area contributed by atoms with Gasteiger partial charge < -0.3 is 9.47 Å². The van der Waals surface area contributed by atoms with Gasteiger partial charge in [-0.25, -0.2) is 18.1 Å². The van der Waals surface area contributed by atoms with Crippen molar-refractivity contribution in [2.45, 2.75) is 51.6 Å². The summed E-state index contributed by atoms with van der Waals surface area (Å²) in [6.45, 7) is 3.70. The Labute approximate surface area is 137 Å². The van der Waals surface area contributed by atoms with Gasteiger partial charge in [-0.15, -0.1) is 0 Å². The van der Waals surface area contributed by atoms with E-state index in [2.05, 4.69) is 14.3 Å². The van der Waals surface area contributed by atoms with E-state index in [-0.39, 0.29) is 17.7 Å². The van der Waals surface area contributed by atoms with Gasteiger partial charge >= 0.3 is 0 Å². The Kier molecular flexibility index (Phi) is 4.72. The van der Waals surface area contributed by atoms with Crippen molar-refractivity contribution in [1.82, 2.24) is 19.2 Å². The molecule has 0 saturated carbocycles. The Morgan fingerprint density at radius 3 is 2.70 bits per heavy atom. The Morgan fingerprint density at radius 1 is 1.30 bits per heavy atom. The summed E-state index contributed by atoms with van der Waals surface area (Å²) in [5.74, 6) is 1.06. The molecule has 1 aromatic rings. The predicted octanol–water partition coefficient (Wildman–Crippen LogP) is 0.763. The van der Waals surface area contributed by atoms with Crippen molar-refractivity contribution < 1.29 is 13.2 Å². The molecule has 0 spiro atoms. The number of fused-ring (bicyclic) bond motifs is 1. The summed E-state index contributed by atoms with van der Waals surface area (Å²) in [5.41, 5.74) is 0.523. The molecule has 1 fully saturated rings. The largest absolute Gasteiger partial charge is 0.337 e. The summed E-state index contributed by atoms with van der Waals surface area (Å²) in [6.07, 6.45) is 6.38. The topological polar surface area (TPSA) is 84.3 Å². The molecule has 0 aromatic carbocycles. The van der Waals surface area contributed by atoms with Crippen LogP contribution in [0.3, 0.4) is 0 Å². The standard InChI is InChI=1S/C15H24N4O3S/c1-2-23(21,22)17-12-6-9-18(10-7-12)15(20)13-11-19-8-4-3-5-14(19)16-13/h11-12,17H,2-10H2,1H3. The van der Waals surface area contributed by atoms with Gasteiger partial charge in [0.25, 0.3) is 5.91 Å². The highest BCUT2D eigenvalue weighted by molar-refractivity contribution is 7.89. The monoisotopic (exact) mass is 340 g/mol. The fourth-order valence-electron chi connectivity index (χ4n) is 3.22. The molecule has 0 bridgehead atoms. The van der Waals surface area contributed by atoms with E-state index in [4.69, 9.17) is 0 Å². The number of amides is 1. The van der Waals surface area contributed by atoms with Gasteiger partial charge in [0.1, 0.15) is 11.5 Å². The third-order valence-electron chi connectivity index (χ3n) is 4.64. The lowest BCUT2D eigenvalue weighted by Crippen LogP contribution is -2.46. The first-order chi connectivity index (χ1) is 11.0. The van der Waals surface area contributed by atoms with Crippen molar-refractivity contribution in [3.8, 4) is 0 Å². The van der Waals surface area contributed by atoms with Crippen LogP contribution in [0.15, 0.2) is 6.20 Å². The number of imidazole rings is 1. The molecule has 0 radical (unpaired) electrons. The molecule has 1 N–H and O–H groups in total. The van der Waals surface area contributed by atoms with Crippen molar-refractivity contribution in [2.24, 2.45) is 0 Å². The number of rotatable bonds is 4. The van der Waals surface area contributed by atoms with Crippen LogP contribution in [0.5, 0.6) is 0 Å². The number of piperidine rings is 1. The molecule has 8 heteroatoms. The molecular formula is C15H24N4O3S. The Morgan fingerprint density at radius 2 is 2.04 bits per heavy atom. The van der Waals surface area contributed by atoms with E-state index >= 15 is 0 Å². The van der Waals surface area contributed by atoms with Crippen molar-refractivity contribution in [2.75, 3.05) is 18.8 Å². The lowest BCUT2D eigenvalue weighted by Gasteiger charge is -2.31. The Hall–Kier alpha value is -1.41. The van der Waals surface area contributed by atoms with Crippen LogP contribution >= 0.6 is 0 Å². The first-order valence-electron chi connectivity index (χ1n) is 8.34. The maximum atomic E-state index is 12.6. The molecule has 2 aliphatic rings. The fraction of sp³-hybridized carbons (Fsp3) is 0.733. The number of nitrogens with zero attached hydrogens (tertiary/aromatic N) is 3. The molecule has 3 heterocycles. The van der Waals surface area contributed by atoms with Crippen LogP contribution < -0.4 is 4.72 Å². The summed E-state index contributed by atoms with van der Waals surface area (Å²) < 4.78 is 28.0. The van der Waals surface area contributed by atoms with Crippen molar-refractivity contribution >= 4 is 15.9 Å². The molecule has 1 amide bonds. The van der Waals surface area contributed by atoms with Crippen LogP contribution in [0.1, 0.15) is 48.9 Å². The van der Waals surface area contributed by atoms with Gasteiger partial charge in [0, 0.05) is 38.3 Å². The number of aryl methyl sites for hydroxylation is 2. The second kappa shape index (κ2) is 6.60. The van der Waals surface area contributed by atoms with E-state index in [1.54, 1.807) is 11.8 Å². The molecular weight excluding hydrogens is 316 g/mol. The van der Waals surface area contributed by atoms with Gasteiger partial charge in [0.2, 0.25) is 10.0 Å². The zero-order valence-corrected chi connectivity index (χ0v) is 14.3. The van der Waals surface area contributed by atoms with Gasteiger partial charge in [0.05, 0.1) is 5.75 Å². The quantitative estimate of drug-likeness (QED) is 0.877. The number of hydrogen-bond donors (Lipinski definition) is 1. The average Bonchev–Trinajstić information content (AvgIpc) is 2.98. The normalized spacial score (nSPS) is 19.6. The minimum absolute atomic E-state index is 0.0382. The molecule has 2 aliphatic heterocycles. The molecule has 0 atom stereocenters. The minimum atomic E-state index is -3.18. The molecule has 23 heavy (non-hydrogen) atoms. The van der Waals surface area contributed by atoms with E-state index in [9.17, 15) is 13.2 Å². The lowest BCUT2D eigenvalue weighted by molar-refractivity contribution is 0.0705. The SMILES string of the molecule is CCS(=O)(=O)NC1CCN(C(=O)c2cn3c(n2)CCCC3)CC1. The number of nitrogens with one attached hydrogen (secondary N) is 1. The first-order valence-corrected chi connectivity index (χ1v) is 9.99. The third kappa shape index (κ3) is 3.74. The van der Waals surface area contributed by atoms with Crippen LogP contribution in [-0.2, 0) is 23.0 Å². The maximum absolute atomic E-state index is 12.6. The summed E-state index contributed by atoms with van der Waals surface area (Å²) in [5, 5.41) is 0. The van der Waals surface area contributed by atoms with E-state index in [0.717, 1.165) is 31.6 Å². The molecule has 128 valence electrons. The molecule has 3 rings (SSSR count). The van der Waals surface area contributed by atoms with Gasteiger partial charge in [-0.1, -0.05) is 0 Å². The number of hydrogen-bond acceptors (Lipinski definition) is 4. The highest BCUT2D eigenvalue weighted by Crippen LogP contribution is 2.18. The van der Waals surface area contributed by atoms with E-state index < -0.39 is 10.0 Å². The highest BCUT2D eigenvalue weighted by Gasteiger charge is 2.27. The van der Waals surface area contributed by atoms with Gasteiger partial charge in [-0.05, 0) is 32.6 Å². The van der Waals surface area contributed by atoms with Crippen molar-refractivity contribution in [3.63, 3.8) is 0 Å². The first kappa shape index (κ1) is 16.4. The zero-order chi connectivity index (χ0) is 16.4. The second-order valence-corrected chi connectivity index (χ2v) is 8.32. The van der Waals surface area contributed by atoms with Crippen LogP contribution in [0.4, 0.5) is 0 Å². The van der Waals surface area contributed by atoms with Gasteiger partial charge in [0.15, 0.2) is 0 Å². The summed E-state index contributed by atoms with van der Waals surface area (Å²) >= 11 is 0. The second-order valence-electron chi connectivity index (χ2n) is 6.28. The fourth-order valence-corrected chi connectivity index (χ4v) is 4.13. The number of aromatic nitrogens is 2. The van der Waals surface area contributed by atoms with Crippen LogP contribution in [-0.4, -0.2) is 53.7 Å². The number of carbonyl (C=O) groups is 1. The van der Waals surface area contributed by atoms with Crippen molar-refractivity contribution in [3.05, 3.63) is 17.7 Å². The van der Waals surface area contributed by atoms with Crippen LogP contribution in [0, 0.1) is 0 Å². The summed E-state index contributed by atoms with van der Waals surface area (Å²) in [6, 6.07) is -0.0702. The molecule has 0 unspecified atom stereocenters. The van der Waals surface area contributed by atoms with Gasteiger partial charge in [-0.3, -0.25) is 4.79 Å². The molecule has 1 saturated heterocycles. The highest BCUT2D eigenvalue weighted by atomic mass is 32.2. The molecule has 7 nitrogen and oxygen atoms in total. The number of carbonyl (C=O) groups excluding carboxylic acids is 1. The third-order valence-corrected chi connectivity index (χ3v) is 6.09. The number of sulfonamides is 1. The van der Waals surface area contributed by atoms with E-state index in [0.29, 0.717) is 31.6 Å². The Balaban J connectivity index is 1.59. The number of likely N-dealkylation sites (tertiary alicyclic amines) is 1. The Bertz CT molecular complexity index is 651. The lowest BCUT2D eigenvalue weighted by atomic mass is 10.1. The molecule has 1 aromatic heterocycles. The predicted molar refractivity (Wildman–Crippen MR) is 86.7 cm³/mol. The molecule has 0 aliphatic carbocycles. The van der Waals surface area contributed by atoms with Crippen LogP contribution in [0.25, 0.3) is 0 Å². The minimum Gasteiger partial charge on any atom is -0.337 e.